The molecule has 1 heterocycles. The van der Waals surface area contributed by atoms with E-state index in [9.17, 15) is 0 Å². The van der Waals surface area contributed by atoms with Crippen LogP contribution < -0.4 is 0 Å². The first-order chi connectivity index (χ1) is 9.22. The van der Waals surface area contributed by atoms with Crippen LogP contribution in [0.1, 0.15) is 30.3 Å². The fourth-order valence-electron chi connectivity index (χ4n) is 2.16. The summed E-state index contributed by atoms with van der Waals surface area (Å²) in [6.45, 7) is 1.58. The lowest BCUT2D eigenvalue weighted by Crippen LogP contribution is -2.20. The number of hydrogen-bond acceptors (Lipinski definition) is 4. The first-order valence-corrected chi connectivity index (χ1v) is 6.80. The maximum atomic E-state index is 5.99. The smallest absolute Gasteiger partial charge is 0.165 e. The van der Waals surface area contributed by atoms with E-state index in [-0.39, 0.29) is 0 Å². The average molecular weight is 278 g/mol. The van der Waals surface area contributed by atoms with Gasteiger partial charge in [-0.3, -0.25) is 4.90 Å². The third-order valence-corrected chi connectivity index (χ3v) is 3.44. The van der Waals surface area contributed by atoms with Gasteiger partial charge in [-0.05, 0) is 48.0 Å². The third kappa shape index (κ3) is 3.11. The van der Waals surface area contributed by atoms with E-state index < -0.39 is 0 Å². The van der Waals surface area contributed by atoms with Gasteiger partial charge in [-0.15, -0.1) is 5.10 Å². The molecule has 1 aromatic carbocycles. The van der Waals surface area contributed by atoms with Gasteiger partial charge in [0.1, 0.15) is 0 Å². The molecule has 1 fully saturated rings. The normalized spacial score (nSPS) is 15.1. The minimum Gasteiger partial charge on any atom is -0.295 e. The topological polar surface area (TPSA) is 46.8 Å². The highest BCUT2D eigenvalue weighted by Crippen LogP contribution is 2.34. The second-order valence-corrected chi connectivity index (χ2v) is 5.51. The van der Waals surface area contributed by atoms with Gasteiger partial charge in [0.25, 0.3) is 0 Å². The van der Waals surface area contributed by atoms with Crippen LogP contribution in [0.25, 0.3) is 0 Å². The summed E-state index contributed by atoms with van der Waals surface area (Å²) in [5.74, 6) is 0.937. The maximum Gasteiger partial charge on any atom is 0.165 e. The summed E-state index contributed by atoms with van der Waals surface area (Å²) >= 11 is 5.99. The molecule has 6 heteroatoms. The van der Waals surface area contributed by atoms with Gasteiger partial charge in [-0.2, -0.15) is 0 Å². The third-order valence-electron chi connectivity index (χ3n) is 3.21. The number of tetrazole rings is 1. The zero-order chi connectivity index (χ0) is 13.2. The Balaban J connectivity index is 1.64. The predicted octanol–water partition coefficient (Wildman–Crippen LogP) is 2.29. The number of benzene rings is 1. The minimum atomic E-state index is 0.518. The molecule has 100 valence electrons. The van der Waals surface area contributed by atoms with Crippen LogP contribution in [0, 0.1) is 0 Å². The van der Waals surface area contributed by atoms with Gasteiger partial charge < -0.3 is 0 Å². The van der Waals surface area contributed by atoms with Crippen LogP contribution in [0.15, 0.2) is 24.3 Å². The summed E-state index contributed by atoms with van der Waals surface area (Å²) in [6.07, 6.45) is 2.38. The van der Waals surface area contributed by atoms with E-state index in [1.165, 1.54) is 18.4 Å². The molecule has 1 aromatic heterocycles. The van der Waals surface area contributed by atoms with Crippen LogP contribution >= 0.6 is 11.6 Å². The van der Waals surface area contributed by atoms with E-state index in [0.717, 1.165) is 23.9 Å². The van der Waals surface area contributed by atoms with Crippen molar-refractivity contribution in [3.63, 3.8) is 0 Å². The first-order valence-electron chi connectivity index (χ1n) is 6.42. The number of aromatic nitrogens is 4. The summed E-state index contributed by atoms with van der Waals surface area (Å²) in [5.41, 5.74) is 1.19. The molecule has 0 bridgehead atoms. The van der Waals surface area contributed by atoms with Gasteiger partial charge in [0.2, 0.25) is 0 Å². The molecule has 0 radical (unpaired) electrons. The summed E-state index contributed by atoms with van der Waals surface area (Å²) in [4.78, 5) is 2.19. The highest BCUT2D eigenvalue weighted by molar-refractivity contribution is 6.30. The van der Waals surface area contributed by atoms with Crippen molar-refractivity contribution in [3.05, 3.63) is 40.7 Å². The van der Waals surface area contributed by atoms with Crippen LogP contribution in [-0.2, 0) is 13.1 Å². The highest BCUT2D eigenvalue weighted by Gasteiger charge is 2.27. The van der Waals surface area contributed by atoms with Crippen molar-refractivity contribution < 1.29 is 0 Å². The second-order valence-electron chi connectivity index (χ2n) is 5.07. The number of nitrogens with zero attached hydrogens (tertiary/aromatic N) is 5. The van der Waals surface area contributed by atoms with Gasteiger partial charge in [0.15, 0.2) is 5.82 Å². The zero-order valence-corrected chi connectivity index (χ0v) is 11.6. The summed E-state index contributed by atoms with van der Waals surface area (Å²) in [7, 11) is 2.06. The Bertz CT molecular complexity index is 564. The van der Waals surface area contributed by atoms with Crippen LogP contribution in [0.4, 0.5) is 0 Å². The van der Waals surface area contributed by atoms with Gasteiger partial charge in [-0.1, -0.05) is 23.7 Å². The van der Waals surface area contributed by atoms with Gasteiger partial charge in [-0.25, -0.2) is 4.68 Å². The van der Waals surface area contributed by atoms with Gasteiger partial charge >= 0.3 is 0 Å². The Kier molecular flexibility index (Phi) is 3.48. The molecular weight excluding hydrogens is 262 g/mol. The molecule has 1 aliphatic rings. The maximum absolute atomic E-state index is 5.99. The van der Waals surface area contributed by atoms with Crippen molar-refractivity contribution in [3.8, 4) is 0 Å². The van der Waals surface area contributed by atoms with Crippen molar-refractivity contribution in [2.45, 2.75) is 32.0 Å². The fourth-order valence-corrected chi connectivity index (χ4v) is 2.38. The second kappa shape index (κ2) is 5.27. The minimum absolute atomic E-state index is 0.518. The van der Waals surface area contributed by atoms with E-state index in [1.54, 1.807) is 0 Å². The predicted molar refractivity (Wildman–Crippen MR) is 72.7 cm³/mol. The quantitative estimate of drug-likeness (QED) is 0.841. The lowest BCUT2D eigenvalue weighted by atomic mass is 10.2. The summed E-state index contributed by atoms with van der Waals surface area (Å²) in [6, 6.07) is 8.44. The molecule has 0 N–H and O–H groups in total. The number of rotatable bonds is 5. The average Bonchev–Trinajstić information content (AvgIpc) is 3.10. The molecule has 1 aliphatic carbocycles. The summed E-state index contributed by atoms with van der Waals surface area (Å²) < 4.78 is 1.95. The molecule has 1 saturated carbocycles. The molecule has 0 amide bonds. The molecule has 5 nitrogen and oxygen atoms in total. The molecule has 3 rings (SSSR count). The lowest BCUT2D eigenvalue weighted by Gasteiger charge is -2.16. The number of hydrogen-bond donors (Lipinski definition) is 0. The Morgan fingerprint density at radius 3 is 2.95 bits per heavy atom. The van der Waals surface area contributed by atoms with Crippen molar-refractivity contribution in [2.24, 2.45) is 0 Å². The highest BCUT2D eigenvalue weighted by atomic mass is 35.5. The Morgan fingerprint density at radius 1 is 1.37 bits per heavy atom. The van der Waals surface area contributed by atoms with Crippen molar-refractivity contribution in [1.82, 2.24) is 25.1 Å². The van der Waals surface area contributed by atoms with E-state index in [2.05, 4.69) is 33.5 Å². The Morgan fingerprint density at radius 2 is 2.21 bits per heavy atom. The van der Waals surface area contributed by atoms with Crippen LogP contribution in [0.5, 0.6) is 0 Å². The molecule has 0 spiro atoms. The van der Waals surface area contributed by atoms with Crippen molar-refractivity contribution >= 4 is 11.6 Å². The molecule has 0 atom stereocenters. The number of halogens is 1. The van der Waals surface area contributed by atoms with E-state index in [4.69, 9.17) is 11.6 Å². The van der Waals surface area contributed by atoms with E-state index in [0.29, 0.717) is 6.04 Å². The van der Waals surface area contributed by atoms with Crippen LogP contribution in [-0.4, -0.2) is 32.2 Å². The van der Waals surface area contributed by atoms with E-state index in [1.807, 2.05) is 22.9 Å². The Labute approximate surface area is 117 Å². The monoisotopic (exact) mass is 277 g/mol. The molecular formula is C13H16ClN5. The Hall–Kier alpha value is -1.46. The molecule has 0 unspecified atom stereocenters. The molecule has 0 aliphatic heterocycles. The van der Waals surface area contributed by atoms with Crippen LogP contribution in [0.2, 0.25) is 5.02 Å². The SMILES string of the molecule is CN(Cc1cccc(Cl)c1)Cc1nnnn1C1CC1. The lowest BCUT2D eigenvalue weighted by molar-refractivity contribution is 0.302. The standard InChI is InChI=1S/C13H16ClN5/c1-18(8-10-3-2-4-11(14)7-10)9-13-15-16-17-19(13)12-5-6-12/h2-4,7,12H,5-6,8-9H2,1H3. The van der Waals surface area contributed by atoms with Gasteiger partial charge in [0.05, 0.1) is 12.6 Å². The first kappa shape index (κ1) is 12.6. The van der Waals surface area contributed by atoms with Gasteiger partial charge in [0, 0.05) is 11.6 Å². The van der Waals surface area contributed by atoms with E-state index >= 15 is 0 Å². The largest absolute Gasteiger partial charge is 0.295 e. The van der Waals surface area contributed by atoms with Crippen molar-refractivity contribution in [1.29, 1.82) is 0 Å². The molecule has 2 aromatic rings. The molecule has 19 heavy (non-hydrogen) atoms. The molecule has 0 saturated heterocycles. The summed E-state index contributed by atoms with van der Waals surface area (Å²) in [5, 5.41) is 12.7. The fraction of sp³-hybridized carbons (Fsp3) is 0.462. The van der Waals surface area contributed by atoms with Crippen molar-refractivity contribution in [2.75, 3.05) is 7.05 Å². The zero-order valence-electron chi connectivity index (χ0n) is 10.8. The van der Waals surface area contributed by atoms with Crippen LogP contribution in [0.3, 0.4) is 0 Å².